The smallest absolute Gasteiger partial charge is 0.322 e. The van der Waals surface area contributed by atoms with Gasteiger partial charge in [0.2, 0.25) is 5.91 Å². The van der Waals surface area contributed by atoms with Gasteiger partial charge in [0.1, 0.15) is 18.1 Å². The molecule has 8 heteroatoms. The van der Waals surface area contributed by atoms with E-state index in [2.05, 4.69) is 22.7 Å². The van der Waals surface area contributed by atoms with Crippen LogP contribution in [0.1, 0.15) is 45.3 Å². The monoisotopic (exact) mass is 402 g/mol. The van der Waals surface area contributed by atoms with Crippen LogP contribution in [-0.4, -0.2) is 41.7 Å². The van der Waals surface area contributed by atoms with Crippen LogP contribution in [0.3, 0.4) is 0 Å². The number of carbonyl (C=O) groups excluding carboxylic acids is 2. The van der Waals surface area contributed by atoms with E-state index in [1.165, 1.54) is 4.90 Å². The highest BCUT2D eigenvalue weighted by atomic mass is 16.5. The van der Waals surface area contributed by atoms with E-state index in [1.54, 1.807) is 25.1 Å². The average molecular weight is 402 g/mol. The number of nitrogens with one attached hydrogen (secondary N) is 2. The fourth-order valence-corrected chi connectivity index (χ4v) is 2.81. The molecule has 0 unspecified atom stereocenters. The largest absolute Gasteiger partial charge is 0.492 e. The van der Waals surface area contributed by atoms with E-state index in [1.807, 2.05) is 19.1 Å². The first-order valence-corrected chi connectivity index (χ1v) is 10.0. The first-order chi connectivity index (χ1) is 14.0. The molecule has 0 saturated heterocycles. The number of carbonyl (C=O) groups is 2. The zero-order valence-corrected chi connectivity index (χ0v) is 17.4. The maximum Gasteiger partial charge on any atom is 0.322 e. The molecule has 2 aromatic rings. The van der Waals surface area contributed by atoms with Gasteiger partial charge in [-0.25, -0.2) is 4.79 Å². The second-order valence-corrected chi connectivity index (χ2v) is 6.71. The van der Waals surface area contributed by atoms with Crippen molar-refractivity contribution in [2.75, 3.05) is 30.3 Å². The van der Waals surface area contributed by atoms with Crippen molar-refractivity contribution in [1.82, 2.24) is 10.1 Å². The quantitative estimate of drug-likeness (QED) is 0.542. The Hall–Kier alpha value is -3.03. The van der Waals surface area contributed by atoms with Gasteiger partial charge in [0.25, 0.3) is 0 Å². The summed E-state index contributed by atoms with van der Waals surface area (Å²) >= 11 is 0. The van der Waals surface area contributed by atoms with Gasteiger partial charge < -0.3 is 24.8 Å². The standard InChI is InChI=1S/C21H30N4O4/c1-4-6-7-10-13-25(15-20(26)23-19-14-16(3)29-24-19)21(27)22-17-11-8-9-12-18(17)28-5-2/h8-9,11-12,14H,4-7,10,13,15H2,1-3H3,(H,22,27)(H,23,24,26). The first kappa shape index (κ1) is 22.3. The van der Waals surface area contributed by atoms with Crippen molar-refractivity contribution in [3.63, 3.8) is 0 Å². The molecule has 158 valence electrons. The molecule has 0 aliphatic heterocycles. The van der Waals surface area contributed by atoms with E-state index in [-0.39, 0.29) is 18.5 Å². The van der Waals surface area contributed by atoms with Crippen LogP contribution in [0.5, 0.6) is 5.75 Å². The number of para-hydroxylation sites is 2. The number of aromatic nitrogens is 1. The summed E-state index contributed by atoms with van der Waals surface area (Å²) in [4.78, 5) is 26.8. The molecule has 0 aliphatic carbocycles. The molecule has 0 saturated carbocycles. The Labute approximate surface area is 171 Å². The maximum absolute atomic E-state index is 12.9. The Morgan fingerprint density at radius 2 is 1.93 bits per heavy atom. The molecule has 0 fully saturated rings. The summed E-state index contributed by atoms with van der Waals surface area (Å²) in [6, 6.07) is 8.52. The summed E-state index contributed by atoms with van der Waals surface area (Å²) in [7, 11) is 0. The summed E-state index contributed by atoms with van der Waals surface area (Å²) in [6.07, 6.45) is 4.01. The van der Waals surface area contributed by atoms with Gasteiger partial charge in [0.15, 0.2) is 5.82 Å². The average Bonchev–Trinajstić information content (AvgIpc) is 3.10. The maximum atomic E-state index is 12.9. The van der Waals surface area contributed by atoms with Crippen molar-refractivity contribution in [1.29, 1.82) is 0 Å². The third kappa shape index (κ3) is 7.48. The van der Waals surface area contributed by atoms with E-state index in [0.29, 0.717) is 36.2 Å². The molecule has 0 aliphatic rings. The molecule has 1 aromatic carbocycles. The van der Waals surface area contributed by atoms with Gasteiger partial charge in [-0.1, -0.05) is 43.5 Å². The minimum absolute atomic E-state index is 0.0827. The lowest BCUT2D eigenvalue weighted by atomic mass is 10.2. The van der Waals surface area contributed by atoms with E-state index in [9.17, 15) is 9.59 Å². The minimum atomic E-state index is -0.347. The lowest BCUT2D eigenvalue weighted by Crippen LogP contribution is -2.41. The molecule has 2 rings (SSSR count). The Bertz CT molecular complexity index is 790. The molecule has 2 N–H and O–H groups in total. The number of rotatable bonds is 11. The Balaban J connectivity index is 2.03. The number of nitrogens with zero attached hydrogens (tertiary/aromatic N) is 2. The zero-order valence-electron chi connectivity index (χ0n) is 17.4. The van der Waals surface area contributed by atoms with Crippen LogP contribution >= 0.6 is 0 Å². The number of urea groups is 1. The molecule has 3 amide bonds. The van der Waals surface area contributed by atoms with Crippen LogP contribution in [0.25, 0.3) is 0 Å². The molecule has 29 heavy (non-hydrogen) atoms. The van der Waals surface area contributed by atoms with Gasteiger partial charge in [-0.15, -0.1) is 0 Å². The third-order valence-corrected chi connectivity index (χ3v) is 4.23. The summed E-state index contributed by atoms with van der Waals surface area (Å²) < 4.78 is 10.5. The van der Waals surface area contributed by atoms with Crippen molar-refractivity contribution in [3.8, 4) is 5.75 Å². The molecule has 1 aromatic heterocycles. The molecule has 0 radical (unpaired) electrons. The van der Waals surface area contributed by atoms with Gasteiger partial charge in [-0.3, -0.25) is 4.79 Å². The minimum Gasteiger partial charge on any atom is -0.492 e. The van der Waals surface area contributed by atoms with Crippen LogP contribution in [0.2, 0.25) is 0 Å². The number of hydrogen-bond acceptors (Lipinski definition) is 5. The third-order valence-electron chi connectivity index (χ3n) is 4.23. The molecular formula is C21H30N4O4. The van der Waals surface area contributed by atoms with Crippen molar-refractivity contribution in [2.45, 2.75) is 46.5 Å². The molecule has 0 bridgehead atoms. The van der Waals surface area contributed by atoms with Crippen molar-refractivity contribution < 1.29 is 18.8 Å². The van der Waals surface area contributed by atoms with Crippen LogP contribution in [0.4, 0.5) is 16.3 Å². The predicted molar refractivity (Wildman–Crippen MR) is 112 cm³/mol. The number of unbranched alkanes of at least 4 members (excludes halogenated alkanes) is 3. The van der Waals surface area contributed by atoms with Gasteiger partial charge in [-0.05, 0) is 32.4 Å². The highest BCUT2D eigenvalue weighted by Crippen LogP contribution is 2.24. The fraction of sp³-hybridized carbons (Fsp3) is 0.476. The van der Waals surface area contributed by atoms with Crippen LogP contribution in [0, 0.1) is 6.92 Å². The number of ether oxygens (including phenoxy) is 1. The molecule has 1 heterocycles. The van der Waals surface area contributed by atoms with Gasteiger partial charge in [-0.2, -0.15) is 0 Å². The summed E-state index contributed by atoms with van der Waals surface area (Å²) in [6.45, 7) is 6.64. The lowest BCUT2D eigenvalue weighted by Gasteiger charge is -2.23. The zero-order chi connectivity index (χ0) is 21.1. The lowest BCUT2D eigenvalue weighted by molar-refractivity contribution is -0.116. The Morgan fingerprint density at radius 1 is 1.14 bits per heavy atom. The van der Waals surface area contributed by atoms with Crippen molar-refractivity contribution >= 4 is 23.4 Å². The topological polar surface area (TPSA) is 96.7 Å². The van der Waals surface area contributed by atoms with Crippen molar-refractivity contribution in [3.05, 3.63) is 36.1 Å². The highest BCUT2D eigenvalue weighted by molar-refractivity contribution is 5.97. The SMILES string of the molecule is CCCCCCN(CC(=O)Nc1cc(C)on1)C(=O)Nc1ccccc1OCC. The van der Waals surface area contributed by atoms with E-state index in [0.717, 1.165) is 25.7 Å². The van der Waals surface area contributed by atoms with E-state index >= 15 is 0 Å². The molecule has 0 atom stereocenters. The highest BCUT2D eigenvalue weighted by Gasteiger charge is 2.19. The summed E-state index contributed by atoms with van der Waals surface area (Å²) in [5, 5.41) is 9.26. The summed E-state index contributed by atoms with van der Waals surface area (Å²) in [5.41, 5.74) is 0.574. The second kappa shape index (κ2) is 11.7. The van der Waals surface area contributed by atoms with Crippen molar-refractivity contribution in [2.24, 2.45) is 0 Å². The van der Waals surface area contributed by atoms with E-state index < -0.39 is 0 Å². The normalized spacial score (nSPS) is 10.4. The number of hydrogen-bond donors (Lipinski definition) is 2. The summed E-state index contributed by atoms with van der Waals surface area (Å²) in [5.74, 6) is 1.20. The second-order valence-electron chi connectivity index (χ2n) is 6.71. The Morgan fingerprint density at radius 3 is 2.62 bits per heavy atom. The van der Waals surface area contributed by atoms with Crippen LogP contribution in [0.15, 0.2) is 34.9 Å². The molecule has 8 nitrogen and oxygen atoms in total. The predicted octanol–water partition coefficient (Wildman–Crippen LogP) is 4.43. The molecular weight excluding hydrogens is 372 g/mol. The van der Waals surface area contributed by atoms with Gasteiger partial charge in [0.05, 0.1) is 12.3 Å². The number of benzene rings is 1. The first-order valence-electron chi connectivity index (χ1n) is 10.0. The van der Waals surface area contributed by atoms with Crippen LogP contribution in [-0.2, 0) is 4.79 Å². The van der Waals surface area contributed by atoms with Gasteiger partial charge >= 0.3 is 6.03 Å². The molecule has 0 spiro atoms. The van der Waals surface area contributed by atoms with Gasteiger partial charge in [0, 0.05) is 12.6 Å². The fourth-order valence-electron chi connectivity index (χ4n) is 2.81. The Kier molecular flexibility index (Phi) is 9.01. The number of aryl methyl sites for hydroxylation is 1. The number of anilines is 2. The van der Waals surface area contributed by atoms with Crippen LogP contribution < -0.4 is 15.4 Å². The number of amides is 3. The van der Waals surface area contributed by atoms with E-state index in [4.69, 9.17) is 9.26 Å².